The highest BCUT2D eigenvalue weighted by Crippen LogP contribution is 2.20. The lowest BCUT2D eigenvalue weighted by molar-refractivity contribution is -0.122. The van der Waals surface area contributed by atoms with Gasteiger partial charge in [-0.05, 0) is 69.2 Å². The van der Waals surface area contributed by atoms with E-state index in [-0.39, 0.29) is 17.1 Å². The molecule has 0 aliphatic carbocycles. The van der Waals surface area contributed by atoms with Crippen molar-refractivity contribution in [1.29, 1.82) is 0 Å². The molecule has 33 heavy (non-hydrogen) atoms. The Balaban J connectivity index is 1.65. The molecule has 0 radical (unpaired) electrons. The van der Waals surface area contributed by atoms with Gasteiger partial charge in [0.2, 0.25) is 5.43 Å². The number of rotatable bonds is 9. The number of aryl methyl sites for hydroxylation is 1. The molecule has 0 saturated carbocycles. The highest BCUT2D eigenvalue weighted by Gasteiger charge is 2.19. The van der Waals surface area contributed by atoms with E-state index in [1.54, 1.807) is 27.2 Å². The van der Waals surface area contributed by atoms with Crippen molar-refractivity contribution < 1.29 is 19.0 Å². The van der Waals surface area contributed by atoms with E-state index >= 15 is 0 Å². The van der Waals surface area contributed by atoms with Crippen LogP contribution in [0.1, 0.15) is 23.7 Å². The van der Waals surface area contributed by atoms with E-state index in [1.165, 1.54) is 6.07 Å². The maximum atomic E-state index is 12.7. The van der Waals surface area contributed by atoms with Crippen molar-refractivity contribution in [2.75, 3.05) is 19.0 Å². The van der Waals surface area contributed by atoms with Crippen LogP contribution in [0.15, 0.2) is 59.5 Å². The summed E-state index contributed by atoms with van der Waals surface area (Å²) in [4.78, 5) is 25.1. The summed E-state index contributed by atoms with van der Waals surface area (Å²) in [6.07, 6.45) is 0.852. The second-order valence-corrected chi connectivity index (χ2v) is 7.81. The smallest absolute Gasteiger partial charge is 0.265 e. The standard InChI is InChI=1S/C26H30N2O5/c1-17-7-6-8-23(18(17)2)27-26(30)20(4)33-25-19(3)28(14-13-24(25)29)15-16-32-22-11-9-21(31-5)10-12-22/h6-14,20H,15-16H2,1-5H3,(H,27,30). The van der Waals surface area contributed by atoms with Crippen LogP contribution in [-0.4, -0.2) is 30.3 Å². The van der Waals surface area contributed by atoms with Gasteiger partial charge in [-0.2, -0.15) is 0 Å². The van der Waals surface area contributed by atoms with Crippen LogP contribution in [0.3, 0.4) is 0 Å². The fraction of sp³-hybridized carbons (Fsp3) is 0.308. The van der Waals surface area contributed by atoms with E-state index in [0.29, 0.717) is 18.8 Å². The molecular formula is C26H30N2O5. The minimum atomic E-state index is -0.845. The molecule has 1 amide bonds. The molecular weight excluding hydrogens is 420 g/mol. The van der Waals surface area contributed by atoms with Gasteiger partial charge in [-0.3, -0.25) is 9.59 Å². The van der Waals surface area contributed by atoms with Gasteiger partial charge in [0, 0.05) is 18.0 Å². The number of nitrogens with zero attached hydrogens (tertiary/aromatic N) is 1. The van der Waals surface area contributed by atoms with Gasteiger partial charge in [0.1, 0.15) is 18.1 Å². The van der Waals surface area contributed by atoms with Crippen LogP contribution in [0, 0.1) is 20.8 Å². The second-order valence-electron chi connectivity index (χ2n) is 7.81. The summed E-state index contributed by atoms with van der Waals surface area (Å²) in [5, 5.41) is 2.88. The zero-order valence-electron chi connectivity index (χ0n) is 19.7. The van der Waals surface area contributed by atoms with Crippen molar-refractivity contribution in [1.82, 2.24) is 4.57 Å². The molecule has 3 aromatic rings. The molecule has 0 saturated heterocycles. The van der Waals surface area contributed by atoms with E-state index in [9.17, 15) is 9.59 Å². The molecule has 0 spiro atoms. The Hall–Kier alpha value is -3.74. The number of hydrogen-bond acceptors (Lipinski definition) is 5. The minimum absolute atomic E-state index is 0.158. The summed E-state index contributed by atoms with van der Waals surface area (Å²) in [6, 6.07) is 14.5. The largest absolute Gasteiger partial charge is 0.497 e. The van der Waals surface area contributed by atoms with Crippen LogP contribution in [-0.2, 0) is 11.3 Å². The number of carbonyl (C=O) groups is 1. The monoisotopic (exact) mass is 450 g/mol. The lowest BCUT2D eigenvalue weighted by atomic mass is 10.1. The van der Waals surface area contributed by atoms with Gasteiger partial charge in [-0.1, -0.05) is 12.1 Å². The summed E-state index contributed by atoms with van der Waals surface area (Å²) in [5.74, 6) is 1.32. The number of nitrogens with one attached hydrogen (secondary N) is 1. The molecule has 1 atom stereocenters. The third-order valence-electron chi connectivity index (χ3n) is 5.58. The molecule has 1 aromatic heterocycles. The van der Waals surface area contributed by atoms with Crippen LogP contribution >= 0.6 is 0 Å². The number of benzene rings is 2. The van der Waals surface area contributed by atoms with Crippen LogP contribution in [0.25, 0.3) is 0 Å². The van der Waals surface area contributed by atoms with E-state index in [1.807, 2.05) is 60.9 Å². The van der Waals surface area contributed by atoms with Crippen molar-refractivity contribution in [2.45, 2.75) is 40.3 Å². The van der Waals surface area contributed by atoms with Crippen LogP contribution < -0.4 is 25.0 Å². The van der Waals surface area contributed by atoms with Crippen molar-refractivity contribution in [3.63, 3.8) is 0 Å². The zero-order valence-corrected chi connectivity index (χ0v) is 19.7. The van der Waals surface area contributed by atoms with Crippen molar-refractivity contribution in [2.24, 2.45) is 0 Å². The van der Waals surface area contributed by atoms with Crippen LogP contribution in [0.4, 0.5) is 5.69 Å². The third kappa shape index (κ3) is 5.94. The van der Waals surface area contributed by atoms with Gasteiger partial charge >= 0.3 is 0 Å². The Kier molecular flexibility index (Phi) is 7.77. The van der Waals surface area contributed by atoms with E-state index in [2.05, 4.69) is 5.32 Å². The lowest BCUT2D eigenvalue weighted by Gasteiger charge is -2.19. The molecule has 1 N–H and O–H groups in total. The fourth-order valence-electron chi connectivity index (χ4n) is 3.32. The SMILES string of the molecule is COc1ccc(OCCn2ccc(=O)c(OC(C)C(=O)Nc3cccc(C)c3C)c2C)cc1. The summed E-state index contributed by atoms with van der Waals surface area (Å²) in [6.45, 7) is 8.27. The van der Waals surface area contributed by atoms with Gasteiger partial charge in [-0.15, -0.1) is 0 Å². The first-order chi connectivity index (χ1) is 15.8. The van der Waals surface area contributed by atoms with Crippen molar-refractivity contribution in [3.8, 4) is 17.2 Å². The van der Waals surface area contributed by atoms with Gasteiger partial charge in [-0.25, -0.2) is 0 Å². The molecule has 3 rings (SSSR count). The molecule has 7 heteroatoms. The Morgan fingerprint density at radius 3 is 2.42 bits per heavy atom. The summed E-state index contributed by atoms with van der Waals surface area (Å²) in [7, 11) is 1.61. The number of anilines is 1. The number of pyridine rings is 1. The summed E-state index contributed by atoms with van der Waals surface area (Å²) in [5.41, 5.74) is 3.17. The molecule has 1 heterocycles. The minimum Gasteiger partial charge on any atom is -0.497 e. The lowest BCUT2D eigenvalue weighted by Crippen LogP contribution is -2.32. The molecule has 174 valence electrons. The number of methoxy groups -OCH3 is 1. The number of carbonyl (C=O) groups excluding carboxylic acids is 1. The maximum absolute atomic E-state index is 12.7. The van der Waals surface area contributed by atoms with Gasteiger partial charge in [0.25, 0.3) is 5.91 Å². The highest BCUT2D eigenvalue weighted by molar-refractivity contribution is 5.94. The highest BCUT2D eigenvalue weighted by atomic mass is 16.5. The number of aromatic nitrogens is 1. The second kappa shape index (κ2) is 10.7. The third-order valence-corrected chi connectivity index (χ3v) is 5.58. The van der Waals surface area contributed by atoms with Gasteiger partial charge < -0.3 is 24.1 Å². The van der Waals surface area contributed by atoms with Crippen molar-refractivity contribution in [3.05, 3.63) is 81.8 Å². The van der Waals surface area contributed by atoms with Crippen LogP contribution in [0.5, 0.6) is 17.2 Å². The maximum Gasteiger partial charge on any atom is 0.265 e. The Bertz CT molecular complexity index is 1170. The number of ether oxygens (including phenoxy) is 3. The molecule has 0 bridgehead atoms. The first-order valence-corrected chi connectivity index (χ1v) is 10.8. The molecule has 7 nitrogen and oxygen atoms in total. The summed E-state index contributed by atoms with van der Waals surface area (Å²) < 4.78 is 18.6. The molecule has 2 aromatic carbocycles. The predicted octanol–water partition coefficient (Wildman–Crippen LogP) is 4.27. The topological polar surface area (TPSA) is 78.8 Å². The van der Waals surface area contributed by atoms with E-state index in [0.717, 1.165) is 28.3 Å². The fourth-order valence-corrected chi connectivity index (χ4v) is 3.32. The molecule has 0 aliphatic heterocycles. The number of amides is 1. The van der Waals surface area contributed by atoms with Crippen molar-refractivity contribution >= 4 is 11.6 Å². The average molecular weight is 451 g/mol. The van der Waals surface area contributed by atoms with E-state index < -0.39 is 6.10 Å². The Labute approximate surface area is 193 Å². The molecule has 0 fully saturated rings. The normalized spacial score (nSPS) is 11.5. The molecule has 1 unspecified atom stereocenters. The number of hydrogen-bond donors (Lipinski definition) is 1. The zero-order chi connectivity index (χ0) is 24.0. The van der Waals surface area contributed by atoms with E-state index in [4.69, 9.17) is 14.2 Å². The Morgan fingerprint density at radius 1 is 1.03 bits per heavy atom. The Morgan fingerprint density at radius 2 is 1.73 bits per heavy atom. The summed E-state index contributed by atoms with van der Waals surface area (Å²) >= 11 is 0. The predicted molar refractivity (Wildman–Crippen MR) is 129 cm³/mol. The van der Waals surface area contributed by atoms with Crippen LogP contribution in [0.2, 0.25) is 0 Å². The quantitative estimate of drug-likeness (QED) is 0.527. The molecule has 0 aliphatic rings. The van der Waals surface area contributed by atoms with Gasteiger partial charge in [0.05, 0.1) is 19.3 Å². The van der Waals surface area contributed by atoms with Gasteiger partial charge in [0.15, 0.2) is 11.9 Å². The first-order valence-electron chi connectivity index (χ1n) is 10.8. The first kappa shape index (κ1) is 23.9. The average Bonchev–Trinajstić information content (AvgIpc) is 2.81.